The van der Waals surface area contributed by atoms with E-state index >= 15 is 0 Å². The first-order valence-corrected chi connectivity index (χ1v) is 12.9. The lowest BCUT2D eigenvalue weighted by molar-refractivity contribution is -0.116. The van der Waals surface area contributed by atoms with E-state index in [1.807, 2.05) is 48.7 Å². The molecule has 4 aromatic rings. The van der Waals surface area contributed by atoms with Crippen molar-refractivity contribution in [3.63, 3.8) is 0 Å². The molecule has 190 valence electrons. The van der Waals surface area contributed by atoms with Crippen LogP contribution in [0.15, 0.2) is 67.1 Å². The summed E-state index contributed by atoms with van der Waals surface area (Å²) in [5.41, 5.74) is 10.2. The van der Waals surface area contributed by atoms with E-state index in [-0.39, 0.29) is 5.91 Å². The molecule has 0 aliphatic heterocycles. The molecule has 8 heteroatoms. The minimum absolute atomic E-state index is 0.0637. The highest BCUT2D eigenvalue weighted by molar-refractivity contribution is 6.03. The van der Waals surface area contributed by atoms with Gasteiger partial charge in [-0.25, -0.2) is 4.98 Å². The van der Waals surface area contributed by atoms with Gasteiger partial charge in [0.15, 0.2) is 0 Å². The Morgan fingerprint density at radius 2 is 1.86 bits per heavy atom. The van der Waals surface area contributed by atoms with Gasteiger partial charge in [-0.15, -0.1) is 0 Å². The number of hydrogen-bond acceptors (Lipinski definition) is 4. The van der Waals surface area contributed by atoms with Crippen molar-refractivity contribution in [2.45, 2.75) is 51.5 Å². The lowest BCUT2D eigenvalue weighted by atomic mass is 9.89. The summed E-state index contributed by atoms with van der Waals surface area (Å²) in [5, 5.41) is 9.89. The summed E-state index contributed by atoms with van der Waals surface area (Å²) in [5.74, 6) is 0.686. The highest BCUT2D eigenvalue weighted by Crippen LogP contribution is 2.36. The van der Waals surface area contributed by atoms with E-state index in [2.05, 4.69) is 20.1 Å². The van der Waals surface area contributed by atoms with Crippen molar-refractivity contribution in [1.29, 1.82) is 0 Å². The number of H-pyrrole nitrogens is 1. The molecule has 0 spiro atoms. The maximum atomic E-state index is 12.6. The summed E-state index contributed by atoms with van der Waals surface area (Å²) >= 11 is 0. The zero-order valence-corrected chi connectivity index (χ0v) is 20.8. The van der Waals surface area contributed by atoms with E-state index in [1.54, 1.807) is 18.5 Å². The fraction of sp³-hybridized carbons (Fsp3) is 0.310. The van der Waals surface area contributed by atoms with Crippen molar-refractivity contribution in [2.75, 3.05) is 5.32 Å². The van der Waals surface area contributed by atoms with Crippen LogP contribution in [0.5, 0.6) is 0 Å². The zero-order chi connectivity index (χ0) is 25.6. The number of rotatable bonds is 9. The van der Waals surface area contributed by atoms with Gasteiger partial charge in [0.2, 0.25) is 11.8 Å². The lowest BCUT2D eigenvalue weighted by Gasteiger charge is -2.23. The molecular weight excluding hydrogens is 464 g/mol. The number of imidazole rings is 1. The van der Waals surface area contributed by atoms with Crippen LogP contribution in [0.1, 0.15) is 54.6 Å². The number of primary amides is 1. The van der Waals surface area contributed by atoms with Crippen molar-refractivity contribution in [1.82, 2.24) is 19.7 Å². The molecule has 1 aliphatic rings. The van der Waals surface area contributed by atoms with Gasteiger partial charge in [0.1, 0.15) is 5.82 Å². The van der Waals surface area contributed by atoms with Crippen LogP contribution in [-0.4, -0.2) is 31.6 Å². The Kier molecular flexibility index (Phi) is 7.44. The van der Waals surface area contributed by atoms with E-state index in [1.165, 1.54) is 32.1 Å². The van der Waals surface area contributed by atoms with Gasteiger partial charge in [-0.05, 0) is 48.9 Å². The number of anilines is 1. The Morgan fingerprint density at radius 1 is 1.05 bits per heavy atom. The third kappa shape index (κ3) is 5.80. The Morgan fingerprint density at radius 3 is 2.59 bits per heavy atom. The Balaban J connectivity index is 1.49. The Hall–Kier alpha value is -4.20. The molecule has 2 heterocycles. The molecule has 0 radical (unpaired) electrons. The topological polar surface area (TPSA) is 119 Å². The summed E-state index contributed by atoms with van der Waals surface area (Å²) in [7, 11) is 0. The number of carbonyl (C=O) groups is 2. The molecule has 0 unspecified atom stereocenters. The standard InChI is InChI=1S/C29H32N6O2/c30-28(37)25-13-7-12-24(21-16-31-32-17-21)27(25)29-34-23(19-35(29)18-20-8-3-1-4-9-20)14-15-26(36)33-22-10-5-2-6-11-22/h2,5-7,10-13,16-17,19-20H,1,3-4,8-9,14-15,18H2,(H2,30,37)(H,31,32)(H,33,36). The van der Waals surface area contributed by atoms with Crippen molar-refractivity contribution in [2.24, 2.45) is 11.7 Å². The smallest absolute Gasteiger partial charge is 0.249 e. The molecule has 5 rings (SSSR count). The highest BCUT2D eigenvalue weighted by Gasteiger charge is 2.24. The molecule has 1 saturated carbocycles. The van der Waals surface area contributed by atoms with Crippen LogP contribution in [0.2, 0.25) is 0 Å². The van der Waals surface area contributed by atoms with Gasteiger partial charge in [0.05, 0.1) is 17.5 Å². The second-order valence-electron chi connectivity index (χ2n) is 9.71. The first kappa shape index (κ1) is 24.5. The predicted octanol–water partition coefficient (Wildman–Crippen LogP) is 5.19. The monoisotopic (exact) mass is 496 g/mol. The van der Waals surface area contributed by atoms with E-state index in [4.69, 9.17) is 10.7 Å². The quantitative estimate of drug-likeness (QED) is 0.295. The number of hydrogen-bond donors (Lipinski definition) is 3. The number of carbonyl (C=O) groups excluding carboxylic acids is 2. The number of para-hydroxylation sites is 1. The second-order valence-corrected chi connectivity index (χ2v) is 9.71. The first-order valence-electron chi connectivity index (χ1n) is 12.9. The van der Waals surface area contributed by atoms with Gasteiger partial charge in [0.25, 0.3) is 0 Å². The van der Waals surface area contributed by atoms with Crippen molar-refractivity contribution in [3.05, 3.63) is 78.4 Å². The molecule has 4 N–H and O–H groups in total. The molecular formula is C29H32N6O2. The van der Waals surface area contributed by atoms with E-state index in [0.29, 0.717) is 35.7 Å². The minimum Gasteiger partial charge on any atom is -0.366 e. The molecule has 0 atom stereocenters. The molecule has 0 saturated heterocycles. The van der Waals surface area contributed by atoms with Crippen LogP contribution in [0.25, 0.3) is 22.5 Å². The van der Waals surface area contributed by atoms with Crippen LogP contribution >= 0.6 is 0 Å². The van der Waals surface area contributed by atoms with E-state index < -0.39 is 5.91 Å². The van der Waals surface area contributed by atoms with Crippen molar-refractivity contribution >= 4 is 17.5 Å². The van der Waals surface area contributed by atoms with Gasteiger partial charge in [-0.3, -0.25) is 14.7 Å². The average molecular weight is 497 g/mol. The number of benzene rings is 2. The third-order valence-electron chi connectivity index (χ3n) is 7.03. The number of aryl methyl sites for hydroxylation is 1. The maximum Gasteiger partial charge on any atom is 0.249 e. The maximum absolute atomic E-state index is 12.6. The molecule has 37 heavy (non-hydrogen) atoms. The summed E-state index contributed by atoms with van der Waals surface area (Å²) in [4.78, 5) is 30.1. The zero-order valence-electron chi connectivity index (χ0n) is 20.8. The minimum atomic E-state index is -0.503. The van der Waals surface area contributed by atoms with Gasteiger partial charge in [0, 0.05) is 42.2 Å². The molecule has 0 bridgehead atoms. The third-order valence-corrected chi connectivity index (χ3v) is 7.03. The van der Waals surface area contributed by atoms with Crippen molar-refractivity contribution < 1.29 is 9.59 Å². The molecule has 1 fully saturated rings. The van der Waals surface area contributed by atoms with Crippen molar-refractivity contribution in [3.8, 4) is 22.5 Å². The van der Waals surface area contributed by atoms with Gasteiger partial charge < -0.3 is 15.6 Å². The van der Waals surface area contributed by atoms with Gasteiger partial charge >= 0.3 is 0 Å². The van der Waals surface area contributed by atoms with Crippen LogP contribution < -0.4 is 11.1 Å². The van der Waals surface area contributed by atoms with Crippen LogP contribution in [0.4, 0.5) is 5.69 Å². The fourth-order valence-corrected chi connectivity index (χ4v) is 5.20. The van der Waals surface area contributed by atoms with E-state index in [9.17, 15) is 9.59 Å². The Labute approximate surface area is 216 Å². The Bertz CT molecular complexity index is 1350. The molecule has 2 aromatic carbocycles. The number of aromatic nitrogens is 4. The van der Waals surface area contributed by atoms with Crippen LogP contribution in [0, 0.1) is 5.92 Å². The van der Waals surface area contributed by atoms with Gasteiger partial charge in [-0.1, -0.05) is 49.6 Å². The number of nitrogens with two attached hydrogens (primary N) is 1. The first-order chi connectivity index (χ1) is 18.1. The van der Waals surface area contributed by atoms with Crippen LogP contribution in [0.3, 0.4) is 0 Å². The molecule has 1 aliphatic carbocycles. The fourth-order valence-electron chi connectivity index (χ4n) is 5.20. The summed E-state index contributed by atoms with van der Waals surface area (Å²) in [6, 6.07) is 15.0. The van der Waals surface area contributed by atoms with Gasteiger partial charge in [-0.2, -0.15) is 5.10 Å². The number of nitrogens with zero attached hydrogens (tertiary/aromatic N) is 3. The summed E-state index contributed by atoms with van der Waals surface area (Å²) in [6.45, 7) is 0.816. The normalized spacial score (nSPS) is 13.9. The second kappa shape index (κ2) is 11.2. The van der Waals surface area contributed by atoms with E-state index in [0.717, 1.165) is 29.1 Å². The lowest BCUT2D eigenvalue weighted by Crippen LogP contribution is -2.17. The SMILES string of the molecule is NC(=O)c1cccc(-c2cn[nH]c2)c1-c1nc(CCC(=O)Nc2ccccc2)cn1CC1CCCCC1. The largest absolute Gasteiger partial charge is 0.366 e. The molecule has 8 nitrogen and oxygen atoms in total. The summed E-state index contributed by atoms with van der Waals surface area (Å²) < 4.78 is 2.16. The average Bonchev–Trinajstić information content (AvgIpc) is 3.59. The van der Waals surface area contributed by atoms with Crippen LogP contribution in [-0.2, 0) is 17.8 Å². The number of nitrogens with one attached hydrogen (secondary N) is 2. The predicted molar refractivity (Wildman–Crippen MR) is 144 cm³/mol. The molecule has 2 amide bonds. The summed E-state index contributed by atoms with van der Waals surface area (Å²) in [6.07, 6.45) is 12.5. The highest BCUT2D eigenvalue weighted by atomic mass is 16.1. The number of aromatic amines is 1. The number of amides is 2. The molecule has 2 aromatic heterocycles.